The highest BCUT2D eigenvalue weighted by atomic mass is 32.2. The third kappa shape index (κ3) is 5.73. The van der Waals surface area contributed by atoms with E-state index in [9.17, 15) is 14.4 Å². The second-order valence-electron chi connectivity index (χ2n) is 4.09. The van der Waals surface area contributed by atoms with Gasteiger partial charge in [0.15, 0.2) is 0 Å². The van der Waals surface area contributed by atoms with Crippen LogP contribution in [-0.2, 0) is 9.59 Å². The Kier molecular flexibility index (Phi) is 7.07. The molecule has 0 aliphatic carbocycles. The smallest absolute Gasteiger partial charge is 0.326 e. The molecule has 0 spiro atoms. The molecule has 1 atom stereocenters. The van der Waals surface area contributed by atoms with Crippen LogP contribution in [-0.4, -0.2) is 64.0 Å². The van der Waals surface area contributed by atoms with Crippen molar-refractivity contribution in [1.82, 2.24) is 10.2 Å². The van der Waals surface area contributed by atoms with Gasteiger partial charge in [0.1, 0.15) is 6.04 Å². The number of nitrogens with one attached hydrogen (secondary N) is 1. The van der Waals surface area contributed by atoms with Gasteiger partial charge in [-0.25, -0.2) is 4.79 Å². The van der Waals surface area contributed by atoms with Crippen LogP contribution in [0, 0.1) is 0 Å². The number of carboxylic acids is 1. The molecule has 19 heavy (non-hydrogen) atoms. The number of carbonyl (C=O) groups excluding carboxylic acids is 2. The number of hydrogen-bond acceptors (Lipinski definition) is 5. The molecule has 6 nitrogen and oxygen atoms in total. The number of carbonyl (C=O) groups is 3. The lowest BCUT2D eigenvalue weighted by atomic mass is 10.2. The molecule has 1 rings (SSSR count). The van der Waals surface area contributed by atoms with Crippen LogP contribution in [0.1, 0.15) is 12.8 Å². The fourth-order valence-corrected chi connectivity index (χ4v) is 2.95. The Labute approximate surface area is 120 Å². The minimum absolute atomic E-state index is 0.00929. The number of nitrogens with zero attached hydrogens (tertiary/aromatic N) is 1. The normalized spacial score (nSPS) is 16.5. The molecule has 1 heterocycles. The van der Waals surface area contributed by atoms with Crippen molar-refractivity contribution < 1.29 is 19.5 Å². The summed E-state index contributed by atoms with van der Waals surface area (Å²) in [6, 6.07) is -0.844. The first-order valence-electron chi connectivity index (χ1n) is 5.97. The highest BCUT2D eigenvalue weighted by molar-refractivity contribution is 8.13. The highest BCUT2D eigenvalue weighted by Gasteiger charge is 2.23. The quantitative estimate of drug-likeness (QED) is 0.692. The van der Waals surface area contributed by atoms with E-state index in [4.69, 9.17) is 5.11 Å². The second kappa shape index (κ2) is 8.31. The zero-order chi connectivity index (χ0) is 14.3. The van der Waals surface area contributed by atoms with Gasteiger partial charge in [-0.1, -0.05) is 11.8 Å². The van der Waals surface area contributed by atoms with E-state index in [1.165, 1.54) is 23.5 Å². The minimum atomic E-state index is -1.02. The van der Waals surface area contributed by atoms with E-state index in [0.717, 1.165) is 5.75 Å². The molecule has 108 valence electrons. The number of carboxylic acid groups (broad SMARTS) is 1. The lowest BCUT2D eigenvalue weighted by Gasteiger charge is -2.16. The number of aliphatic carboxylic acids is 1. The van der Waals surface area contributed by atoms with Crippen molar-refractivity contribution in [3.8, 4) is 0 Å². The summed E-state index contributed by atoms with van der Waals surface area (Å²) in [4.78, 5) is 35.6. The van der Waals surface area contributed by atoms with Crippen LogP contribution in [0.3, 0.4) is 0 Å². The van der Waals surface area contributed by atoms with Gasteiger partial charge in [-0.05, 0) is 18.4 Å². The van der Waals surface area contributed by atoms with Crippen molar-refractivity contribution in [1.29, 1.82) is 0 Å². The molecule has 1 aliphatic rings. The molecule has 1 aliphatic heterocycles. The first-order valence-corrected chi connectivity index (χ1v) is 8.35. The predicted octanol–water partition coefficient (Wildman–Crippen LogP) is 0.868. The first kappa shape index (κ1) is 16.2. The van der Waals surface area contributed by atoms with E-state index in [2.05, 4.69) is 5.32 Å². The molecule has 8 heteroatoms. The predicted molar refractivity (Wildman–Crippen MR) is 76.6 cm³/mol. The Balaban J connectivity index is 2.31. The molecule has 0 aromatic heterocycles. The fraction of sp³-hybridized carbons (Fsp3) is 0.727. The average molecular weight is 306 g/mol. The van der Waals surface area contributed by atoms with E-state index < -0.39 is 12.0 Å². The third-order valence-corrected chi connectivity index (χ3v) is 4.23. The van der Waals surface area contributed by atoms with Crippen molar-refractivity contribution in [3.63, 3.8) is 0 Å². The number of rotatable bonds is 8. The summed E-state index contributed by atoms with van der Waals surface area (Å²) in [7, 11) is 0. The van der Waals surface area contributed by atoms with Crippen molar-refractivity contribution in [2.24, 2.45) is 0 Å². The molecule has 0 saturated carbocycles. The van der Waals surface area contributed by atoms with E-state index in [0.29, 0.717) is 25.3 Å². The number of hydrogen-bond donors (Lipinski definition) is 2. The van der Waals surface area contributed by atoms with Crippen LogP contribution >= 0.6 is 23.5 Å². The van der Waals surface area contributed by atoms with Gasteiger partial charge in [0.25, 0.3) is 5.24 Å². The monoisotopic (exact) mass is 306 g/mol. The zero-order valence-electron chi connectivity index (χ0n) is 10.8. The molecule has 0 aromatic carbocycles. The van der Waals surface area contributed by atoms with Crippen LogP contribution in [0.25, 0.3) is 0 Å². The fourth-order valence-electron chi connectivity index (χ4n) is 1.62. The molecule has 0 aromatic rings. The Morgan fingerprint density at radius 1 is 1.58 bits per heavy atom. The maximum absolute atomic E-state index is 11.7. The van der Waals surface area contributed by atoms with Gasteiger partial charge in [0.05, 0.1) is 0 Å². The summed E-state index contributed by atoms with van der Waals surface area (Å²) >= 11 is 2.78. The number of amides is 2. The third-order valence-electron chi connectivity index (χ3n) is 2.70. The first-order chi connectivity index (χ1) is 9.04. The molecule has 0 radical (unpaired) electrons. The maximum atomic E-state index is 11.7. The molecule has 1 fully saturated rings. The topological polar surface area (TPSA) is 86.7 Å². The second-order valence-corrected chi connectivity index (χ2v) is 6.12. The van der Waals surface area contributed by atoms with Crippen LogP contribution in [0.4, 0.5) is 4.79 Å². The maximum Gasteiger partial charge on any atom is 0.326 e. The van der Waals surface area contributed by atoms with Gasteiger partial charge < -0.3 is 15.3 Å². The minimum Gasteiger partial charge on any atom is -0.480 e. The van der Waals surface area contributed by atoms with Crippen molar-refractivity contribution in [2.45, 2.75) is 18.9 Å². The average Bonchev–Trinajstić information content (AvgIpc) is 2.77. The number of thioether (sulfide) groups is 2. The Bertz CT molecular complexity index is 352. The zero-order valence-corrected chi connectivity index (χ0v) is 12.4. The SMILES string of the molecule is CSCC[C@@H](NC(=O)CCN1CCSC1=O)C(=O)O. The van der Waals surface area contributed by atoms with Gasteiger partial charge in [0.2, 0.25) is 5.91 Å². The van der Waals surface area contributed by atoms with Gasteiger partial charge in [-0.3, -0.25) is 9.59 Å². The van der Waals surface area contributed by atoms with Crippen LogP contribution in [0.2, 0.25) is 0 Å². The van der Waals surface area contributed by atoms with Crippen LogP contribution < -0.4 is 5.32 Å². The van der Waals surface area contributed by atoms with Gasteiger partial charge >= 0.3 is 5.97 Å². The van der Waals surface area contributed by atoms with E-state index in [1.54, 1.807) is 4.90 Å². The van der Waals surface area contributed by atoms with Crippen molar-refractivity contribution in [2.75, 3.05) is 30.9 Å². The molecule has 1 saturated heterocycles. The van der Waals surface area contributed by atoms with E-state index >= 15 is 0 Å². The molecular formula is C11H18N2O4S2. The molecular weight excluding hydrogens is 288 g/mol. The van der Waals surface area contributed by atoms with Gasteiger partial charge in [0, 0.05) is 25.3 Å². The van der Waals surface area contributed by atoms with Crippen LogP contribution in [0.5, 0.6) is 0 Å². The molecule has 0 bridgehead atoms. The van der Waals surface area contributed by atoms with E-state index in [-0.39, 0.29) is 17.6 Å². The highest BCUT2D eigenvalue weighted by Crippen LogP contribution is 2.17. The lowest BCUT2D eigenvalue weighted by Crippen LogP contribution is -2.42. The summed E-state index contributed by atoms with van der Waals surface area (Å²) in [5.41, 5.74) is 0. The summed E-state index contributed by atoms with van der Waals surface area (Å²) in [6.07, 6.45) is 2.44. The largest absolute Gasteiger partial charge is 0.480 e. The molecule has 0 unspecified atom stereocenters. The lowest BCUT2D eigenvalue weighted by molar-refractivity contribution is -0.141. The van der Waals surface area contributed by atoms with Gasteiger partial charge in [-0.2, -0.15) is 11.8 Å². The van der Waals surface area contributed by atoms with Crippen molar-refractivity contribution >= 4 is 40.6 Å². The Morgan fingerprint density at radius 2 is 2.32 bits per heavy atom. The molecule has 2 N–H and O–H groups in total. The summed E-state index contributed by atoms with van der Waals surface area (Å²) in [5, 5.41) is 11.5. The summed E-state index contributed by atoms with van der Waals surface area (Å²) in [5.74, 6) is 0.0955. The van der Waals surface area contributed by atoms with Crippen LogP contribution in [0.15, 0.2) is 0 Å². The Hall–Kier alpha value is -0.890. The molecule has 2 amide bonds. The summed E-state index contributed by atoms with van der Waals surface area (Å²) < 4.78 is 0. The van der Waals surface area contributed by atoms with Gasteiger partial charge in [-0.15, -0.1) is 0 Å². The summed E-state index contributed by atoms with van der Waals surface area (Å²) in [6.45, 7) is 1.01. The standard InChI is InChI=1S/C11H18N2O4S2/c1-18-6-3-8(10(15)16)12-9(14)2-4-13-5-7-19-11(13)17/h8H,2-7H2,1H3,(H,12,14)(H,15,16)/t8-/m1/s1. The van der Waals surface area contributed by atoms with Crippen molar-refractivity contribution in [3.05, 3.63) is 0 Å². The van der Waals surface area contributed by atoms with E-state index in [1.807, 2.05) is 6.26 Å². The Morgan fingerprint density at radius 3 is 2.84 bits per heavy atom.